The van der Waals surface area contributed by atoms with Crippen LogP contribution in [0.25, 0.3) is 0 Å². The normalized spacial score (nSPS) is 17.3. The summed E-state index contributed by atoms with van der Waals surface area (Å²) >= 11 is 0. The van der Waals surface area contributed by atoms with E-state index in [2.05, 4.69) is 0 Å². The van der Waals surface area contributed by atoms with E-state index in [1.165, 1.54) is 0 Å². The number of aliphatic carboxylic acids is 1. The maximum Gasteiger partial charge on any atom is 0.490 e. The third-order valence-electron chi connectivity index (χ3n) is 7.22. The van der Waals surface area contributed by atoms with Crippen LogP contribution in [0.2, 0.25) is 0 Å². The molecule has 0 saturated carbocycles. The number of carboxylic acid groups (broad SMARTS) is 1. The minimum Gasteiger partial charge on any atom is -0.475 e. The lowest BCUT2D eigenvalue weighted by Crippen LogP contribution is -2.50. The molecule has 46 heavy (non-hydrogen) atoms. The first-order chi connectivity index (χ1) is 21.4. The number of hydrogen-bond donors (Lipinski definition) is 2. The number of alkyl halides is 9. The van der Waals surface area contributed by atoms with E-state index in [0.717, 1.165) is 11.1 Å². The van der Waals surface area contributed by atoms with E-state index >= 15 is 0 Å². The van der Waals surface area contributed by atoms with E-state index in [-0.39, 0.29) is 42.5 Å². The maximum absolute atomic E-state index is 13.4. The van der Waals surface area contributed by atoms with Crippen LogP contribution in [0.1, 0.15) is 40.2 Å². The number of rotatable bonds is 7. The Balaban J connectivity index is 0.000000738. The third kappa shape index (κ3) is 9.94. The Bertz CT molecular complexity index is 1370. The molecule has 3 aromatic carbocycles. The van der Waals surface area contributed by atoms with Gasteiger partial charge in [-0.2, -0.15) is 39.5 Å². The number of carboxylic acids is 1. The number of carbonyl (C=O) groups is 2. The van der Waals surface area contributed by atoms with Crippen LogP contribution in [0.3, 0.4) is 0 Å². The highest BCUT2D eigenvalue weighted by Crippen LogP contribution is 2.40. The summed E-state index contributed by atoms with van der Waals surface area (Å²) in [4.78, 5) is 23.0. The SMILES string of the molecule is NCC(=O)N1CC[C@H](OCc2cc(C(F)(F)F)cc(C(F)(F)F)c2)[C@H](C(c2ccccc2)c2ccccc2)C1.O=C(O)C(F)(F)F. The average molecular weight is 665 g/mol. The number of benzene rings is 3. The molecule has 6 nitrogen and oxygen atoms in total. The molecule has 1 fully saturated rings. The zero-order valence-electron chi connectivity index (χ0n) is 23.9. The van der Waals surface area contributed by atoms with Crippen molar-refractivity contribution in [3.8, 4) is 0 Å². The monoisotopic (exact) mass is 664 g/mol. The van der Waals surface area contributed by atoms with Gasteiger partial charge in [0.15, 0.2) is 0 Å². The molecule has 1 aliphatic rings. The zero-order valence-corrected chi connectivity index (χ0v) is 23.9. The van der Waals surface area contributed by atoms with Crippen LogP contribution in [-0.2, 0) is 33.3 Å². The van der Waals surface area contributed by atoms with Crippen LogP contribution < -0.4 is 5.73 Å². The molecular formula is C31H29F9N2O4. The number of nitrogens with two attached hydrogens (primary N) is 1. The van der Waals surface area contributed by atoms with E-state index in [1.54, 1.807) is 4.90 Å². The van der Waals surface area contributed by atoms with Crippen molar-refractivity contribution < 1.29 is 58.9 Å². The van der Waals surface area contributed by atoms with Crippen molar-refractivity contribution in [2.75, 3.05) is 19.6 Å². The summed E-state index contributed by atoms with van der Waals surface area (Å²) in [5.41, 5.74) is 4.50. The summed E-state index contributed by atoms with van der Waals surface area (Å²) in [5.74, 6) is -3.59. The van der Waals surface area contributed by atoms with E-state index < -0.39 is 48.3 Å². The highest BCUT2D eigenvalue weighted by atomic mass is 19.4. The van der Waals surface area contributed by atoms with Gasteiger partial charge in [-0.3, -0.25) is 4.79 Å². The molecule has 3 N–H and O–H groups in total. The second kappa shape index (κ2) is 15.0. The lowest BCUT2D eigenvalue weighted by Gasteiger charge is -2.42. The fourth-order valence-corrected chi connectivity index (χ4v) is 5.16. The summed E-state index contributed by atoms with van der Waals surface area (Å²) < 4.78 is 118. The molecule has 250 valence electrons. The van der Waals surface area contributed by atoms with Crippen molar-refractivity contribution in [3.63, 3.8) is 0 Å². The van der Waals surface area contributed by atoms with Crippen molar-refractivity contribution in [1.29, 1.82) is 0 Å². The first kappa shape index (κ1) is 36.4. The molecule has 1 amide bonds. The highest BCUT2D eigenvalue weighted by Gasteiger charge is 2.40. The molecule has 3 aromatic rings. The number of hydrogen-bond acceptors (Lipinski definition) is 4. The van der Waals surface area contributed by atoms with Crippen LogP contribution in [-0.4, -0.2) is 53.8 Å². The Hall–Kier alpha value is -4.11. The molecule has 1 heterocycles. The van der Waals surface area contributed by atoms with Gasteiger partial charge in [0.25, 0.3) is 0 Å². The van der Waals surface area contributed by atoms with Gasteiger partial charge in [-0.1, -0.05) is 60.7 Å². The lowest BCUT2D eigenvalue weighted by atomic mass is 9.75. The molecule has 1 saturated heterocycles. The molecule has 0 radical (unpaired) electrons. The van der Waals surface area contributed by atoms with Crippen molar-refractivity contribution in [1.82, 2.24) is 4.90 Å². The number of carbonyl (C=O) groups excluding carboxylic acids is 1. The molecule has 0 unspecified atom stereocenters. The minimum atomic E-state index is -5.08. The van der Waals surface area contributed by atoms with Gasteiger partial charge in [-0.05, 0) is 41.3 Å². The smallest absolute Gasteiger partial charge is 0.475 e. The standard InChI is InChI=1S/C29H28F6N2O2.C2HF3O2/c30-28(31,32)22-13-19(14-23(15-22)29(33,34)35)18-39-25-11-12-37(26(38)16-36)17-24(25)27(20-7-3-1-4-8-20)21-9-5-2-6-10-21;3-2(4,5)1(6)7/h1-10,13-15,24-25,27H,11-12,16-18,36H2;(H,6,7)/t24-,25+;/m1./s1. The van der Waals surface area contributed by atoms with Gasteiger partial charge in [0.2, 0.25) is 5.91 Å². The topological polar surface area (TPSA) is 92.9 Å². The van der Waals surface area contributed by atoms with Gasteiger partial charge in [0, 0.05) is 24.9 Å². The van der Waals surface area contributed by atoms with E-state index in [9.17, 15) is 44.3 Å². The lowest BCUT2D eigenvalue weighted by molar-refractivity contribution is -0.192. The molecule has 2 atom stereocenters. The molecule has 0 bridgehead atoms. The van der Waals surface area contributed by atoms with Crippen molar-refractivity contribution in [3.05, 3.63) is 107 Å². The summed E-state index contributed by atoms with van der Waals surface area (Å²) in [5, 5.41) is 7.12. The highest BCUT2D eigenvalue weighted by molar-refractivity contribution is 5.78. The summed E-state index contributed by atoms with van der Waals surface area (Å²) in [6.07, 6.45) is -15.2. The number of piperidine rings is 1. The Kier molecular flexibility index (Phi) is 11.8. The van der Waals surface area contributed by atoms with Crippen molar-refractivity contribution in [2.24, 2.45) is 11.7 Å². The van der Waals surface area contributed by atoms with E-state index in [0.29, 0.717) is 25.1 Å². The first-order valence-corrected chi connectivity index (χ1v) is 13.7. The fraction of sp³-hybridized carbons (Fsp3) is 0.355. The molecular weight excluding hydrogens is 635 g/mol. The van der Waals surface area contributed by atoms with Gasteiger partial charge < -0.3 is 20.5 Å². The van der Waals surface area contributed by atoms with E-state index in [4.69, 9.17) is 20.4 Å². The molecule has 15 heteroatoms. The number of likely N-dealkylation sites (tertiary alicyclic amines) is 1. The summed E-state index contributed by atoms with van der Waals surface area (Å²) in [6, 6.07) is 20.5. The molecule has 0 spiro atoms. The van der Waals surface area contributed by atoms with Gasteiger partial charge in [0.05, 0.1) is 30.4 Å². The minimum absolute atomic E-state index is 0.101. The van der Waals surface area contributed by atoms with Crippen molar-refractivity contribution in [2.45, 2.75) is 43.6 Å². The Morgan fingerprint density at radius 2 is 1.28 bits per heavy atom. The van der Waals surface area contributed by atoms with Crippen LogP contribution in [0, 0.1) is 5.92 Å². The Labute approximate surface area is 257 Å². The van der Waals surface area contributed by atoms with Gasteiger partial charge >= 0.3 is 24.5 Å². The van der Waals surface area contributed by atoms with Crippen LogP contribution in [0.4, 0.5) is 39.5 Å². The quantitative estimate of drug-likeness (QED) is 0.269. The third-order valence-corrected chi connectivity index (χ3v) is 7.22. The number of ether oxygens (including phenoxy) is 1. The van der Waals surface area contributed by atoms with Crippen LogP contribution in [0.5, 0.6) is 0 Å². The molecule has 0 aromatic heterocycles. The maximum atomic E-state index is 13.4. The predicted molar refractivity (Wildman–Crippen MR) is 147 cm³/mol. The second-order valence-corrected chi connectivity index (χ2v) is 10.4. The van der Waals surface area contributed by atoms with Crippen LogP contribution >= 0.6 is 0 Å². The van der Waals surface area contributed by atoms with Gasteiger partial charge in [-0.15, -0.1) is 0 Å². The zero-order chi connectivity index (χ0) is 34.3. The molecule has 0 aliphatic carbocycles. The van der Waals surface area contributed by atoms with Crippen molar-refractivity contribution >= 4 is 11.9 Å². The second-order valence-electron chi connectivity index (χ2n) is 10.4. The Morgan fingerprint density at radius 1 is 0.826 bits per heavy atom. The number of amides is 1. The predicted octanol–water partition coefficient (Wildman–Crippen LogP) is 6.88. The molecule has 4 rings (SSSR count). The fourth-order valence-electron chi connectivity index (χ4n) is 5.16. The largest absolute Gasteiger partial charge is 0.490 e. The van der Waals surface area contributed by atoms with Gasteiger partial charge in [-0.25, -0.2) is 4.79 Å². The number of nitrogens with zero attached hydrogens (tertiary/aromatic N) is 1. The summed E-state index contributed by atoms with van der Waals surface area (Å²) in [7, 11) is 0. The first-order valence-electron chi connectivity index (χ1n) is 13.7. The summed E-state index contributed by atoms with van der Waals surface area (Å²) in [6.45, 7) is -0.0468. The average Bonchev–Trinajstić information content (AvgIpc) is 3.00. The van der Waals surface area contributed by atoms with E-state index in [1.807, 2.05) is 60.7 Å². The van der Waals surface area contributed by atoms with Crippen LogP contribution in [0.15, 0.2) is 78.9 Å². The molecule has 1 aliphatic heterocycles. The Morgan fingerprint density at radius 3 is 1.67 bits per heavy atom. The number of halogens is 9. The van der Waals surface area contributed by atoms with Gasteiger partial charge in [0.1, 0.15) is 0 Å².